The lowest BCUT2D eigenvalue weighted by Gasteiger charge is -2.49. The lowest BCUT2D eigenvalue weighted by Crippen LogP contribution is -2.70. The first-order valence-corrected chi connectivity index (χ1v) is 10.2. The Balaban J connectivity index is 1.76. The predicted octanol–water partition coefficient (Wildman–Crippen LogP) is -0.510. The summed E-state index contributed by atoms with van der Waals surface area (Å²) in [6.45, 7) is 0.588. The summed E-state index contributed by atoms with van der Waals surface area (Å²) in [5, 5.41) is 7.91. The lowest BCUT2D eigenvalue weighted by molar-refractivity contribution is -0.145. The number of oxime groups is 1. The molecule has 1 aromatic heterocycles. The minimum atomic E-state index is -0.758. The molecular formula is C16H20N6O4S2. The van der Waals surface area contributed by atoms with Crippen LogP contribution < -0.4 is 11.1 Å². The van der Waals surface area contributed by atoms with Crippen molar-refractivity contribution < 1.29 is 19.2 Å². The molecule has 2 aliphatic rings. The van der Waals surface area contributed by atoms with E-state index in [4.69, 9.17) is 10.6 Å². The number of carbonyl (C=O) groups is 3. The molecule has 2 atom stereocenters. The fraction of sp³-hybridized carbons (Fsp3) is 0.438. The van der Waals surface area contributed by atoms with Crippen LogP contribution in [0.3, 0.4) is 0 Å². The zero-order valence-corrected chi connectivity index (χ0v) is 17.2. The van der Waals surface area contributed by atoms with Gasteiger partial charge in [-0.05, 0) is 19.7 Å². The van der Waals surface area contributed by atoms with Crippen molar-refractivity contribution in [3.8, 4) is 0 Å². The van der Waals surface area contributed by atoms with Crippen molar-refractivity contribution in [2.75, 3.05) is 39.2 Å². The molecule has 0 bridgehead atoms. The van der Waals surface area contributed by atoms with Gasteiger partial charge in [-0.15, -0.1) is 23.1 Å². The third-order valence-electron chi connectivity index (χ3n) is 4.16. The van der Waals surface area contributed by atoms with E-state index in [1.54, 1.807) is 5.38 Å². The molecule has 150 valence electrons. The van der Waals surface area contributed by atoms with Gasteiger partial charge < -0.3 is 20.8 Å². The molecule has 0 unspecified atom stereocenters. The number of β-lactam (4-membered cyclic amide) rings is 1. The number of hydrogen-bond acceptors (Lipinski definition) is 10. The number of nitrogens with zero attached hydrogens (tertiary/aromatic N) is 4. The van der Waals surface area contributed by atoms with Gasteiger partial charge >= 0.3 is 0 Å². The number of thiazole rings is 1. The molecule has 0 saturated carbocycles. The number of anilines is 1. The lowest BCUT2D eigenvalue weighted by atomic mass is 10.0. The van der Waals surface area contributed by atoms with E-state index in [2.05, 4.69) is 15.5 Å². The maximum atomic E-state index is 12.7. The standard InChI is InChI=1S/C16H20N6O4S2/c1-21(2)4-8-6-27-15-12(14(25)22(15)10(8)5-23)19-13(24)11(20-26-3)9-7-28-16(17)18-9/h5,7,12,15H,4,6H2,1-3H3,(H2,17,18)(H,19,24)/b20-11-/t12-,15-/m1/s1. The predicted molar refractivity (Wildman–Crippen MR) is 107 cm³/mol. The minimum Gasteiger partial charge on any atom is -0.398 e. The van der Waals surface area contributed by atoms with Crippen molar-refractivity contribution in [1.29, 1.82) is 0 Å². The molecule has 3 heterocycles. The van der Waals surface area contributed by atoms with Gasteiger partial charge in [0.2, 0.25) is 0 Å². The van der Waals surface area contributed by atoms with Gasteiger partial charge in [0.05, 0.1) is 5.70 Å². The van der Waals surface area contributed by atoms with Crippen LogP contribution in [0.5, 0.6) is 0 Å². The van der Waals surface area contributed by atoms with Crippen molar-refractivity contribution in [1.82, 2.24) is 20.1 Å². The molecule has 0 aromatic carbocycles. The van der Waals surface area contributed by atoms with E-state index in [1.807, 2.05) is 19.0 Å². The largest absolute Gasteiger partial charge is 0.398 e. The van der Waals surface area contributed by atoms with Crippen molar-refractivity contribution >= 4 is 52.0 Å². The van der Waals surface area contributed by atoms with E-state index in [1.165, 1.54) is 23.8 Å². The van der Waals surface area contributed by atoms with Gasteiger partial charge in [0.15, 0.2) is 17.1 Å². The van der Waals surface area contributed by atoms with Gasteiger partial charge in [-0.25, -0.2) is 4.98 Å². The SMILES string of the molecule is CO/N=C(\C(=O)N[C@@H]1C(=O)N2C(C=O)=C(CN(C)C)CS[C@H]12)c1csc(N)n1. The molecule has 3 rings (SSSR count). The van der Waals surface area contributed by atoms with Crippen LogP contribution >= 0.6 is 23.1 Å². The number of nitrogen functional groups attached to an aromatic ring is 1. The first kappa shape index (κ1) is 20.3. The molecule has 2 aliphatic heterocycles. The Labute approximate surface area is 169 Å². The zero-order valence-electron chi connectivity index (χ0n) is 15.5. The molecule has 10 nitrogen and oxygen atoms in total. The summed E-state index contributed by atoms with van der Waals surface area (Å²) in [7, 11) is 5.10. The third kappa shape index (κ3) is 3.75. The number of allylic oxidation sites excluding steroid dienone is 1. The van der Waals surface area contributed by atoms with Crippen LogP contribution in [0.25, 0.3) is 0 Å². The quantitative estimate of drug-likeness (QED) is 0.259. The number of fused-ring (bicyclic) bond motifs is 1. The fourth-order valence-corrected chi connectivity index (χ4v) is 4.91. The maximum absolute atomic E-state index is 12.7. The van der Waals surface area contributed by atoms with E-state index >= 15 is 0 Å². The Kier molecular flexibility index (Phi) is 6.01. The number of hydrogen-bond donors (Lipinski definition) is 2. The van der Waals surface area contributed by atoms with Crippen LogP contribution in [0.15, 0.2) is 21.8 Å². The highest BCUT2D eigenvalue weighted by Crippen LogP contribution is 2.39. The number of thioether (sulfide) groups is 1. The summed E-state index contributed by atoms with van der Waals surface area (Å²) in [4.78, 5) is 49.0. The number of carbonyl (C=O) groups excluding carboxylic acids is 3. The monoisotopic (exact) mass is 424 g/mol. The van der Waals surface area contributed by atoms with Gasteiger partial charge in [-0.2, -0.15) is 0 Å². The number of aromatic nitrogens is 1. The smallest absolute Gasteiger partial charge is 0.276 e. The summed E-state index contributed by atoms with van der Waals surface area (Å²) in [5.41, 5.74) is 7.08. The molecule has 2 amide bonds. The summed E-state index contributed by atoms with van der Waals surface area (Å²) in [6, 6.07) is -0.758. The summed E-state index contributed by atoms with van der Waals surface area (Å²) < 4.78 is 0. The number of aldehydes is 1. The zero-order chi connectivity index (χ0) is 20.4. The van der Waals surface area contributed by atoms with Crippen LogP contribution in [0.2, 0.25) is 0 Å². The Morgan fingerprint density at radius 2 is 2.32 bits per heavy atom. The highest BCUT2D eigenvalue weighted by atomic mass is 32.2. The number of nitrogens with one attached hydrogen (secondary N) is 1. The second-order valence-electron chi connectivity index (χ2n) is 6.40. The van der Waals surface area contributed by atoms with Crippen LogP contribution in [-0.2, 0) is 19.2 Å². The highest BCUT2D eigenvalue weighted by Gasteiger charge is 2.52. The number of rotatable bonds is 7. The highest BCUT2D eigenvalue weighted by molar-refractivity contribution is 8.00. The van der Waals surface area contributed by atoms with Crippen LogP contribution in [0.4, 0.5) is 5.13 Å². The average molecular weight is 425 g/mol. The summed E-state index contributed by atoms with van der Waals surface area (Å²) in [6.07, 6.45) is 0.706. The van der Waals surface area contributed by atoms with Gasteiger partial charge in [0, 0.05) is 17.7 Å². The third-order valence-corrected chi connectivity index (χ3v) is 6.17. The van der Waals surface area contributed by atoms with Gasteiger partial charge in [0.25, 0.3) is 11.8 Å². The van der Waals surface area contributed by atoms with E-state index in [0.717, 1.165) is 16.9 Å². The Hall–Kier alpha value is -2.44. The molecule has 0 spiro atoms. The molecule has 0 aliphatic carbocycles. The Bertz CT molecular complexity index is 865. The molecule has 1 aromatic rings. The van der Waals surface area contributed by atoms with Crippen molar-refractivity contribution in [2.45, 2.75) is 11.4 Å². The first-order chi connectivity index (χ1) is 13.4. The van der Waals surface area contributed by atoms with Crippen molar-refractivity contribution in [3.63, 3.8) is 0 Å². The van der Waals surface area contributed by atoms with Crippen LogP contribution in [0, 0.1) is 0 Å². The molecule has 1 fully saturated rings. The second-order valence-corrected chi connectivity index (χ2v) is 8.39. The second kappa shape index (κ2) is 8.29. The van der Waals surface area contributed by atoms with E-state index < -0.39 is 11.9 Å². The topological polar surface area (TPSA) is 130 Å². The molecule has 0 radical (unpaired) electrons. The minimum absolute atomic E-state index is 0.0676. The average Bonchev–Trinajstić information content (AvgIpc) is 3.09. The van der Waals surface area contributed by atoms with Crippen LogP contribution in [0.1, 0.15) is 5.69 Å². The molecule has 28 heavy (non-hydrogen) atoms. The normalized spacial score (nSPS) is 22.1. The van der Waals surface area contributed by atoms with Gasteiger partial charge in [-0.3, -0.25) is 19.3 Å². The summed E-state index contributed by atoms with van der Waals surface area (Å²) in [5.74, 6) is -0.325. The number of nitrogens with two attached hydrogens (primary N) is 1. The molecule has 12 heteroatoms. The van der Waals surface area contributed by atoms with Gasteiger partial charge in [-0.1, -0.05) is 5.16 Å². The van der Waals surface area contributed by atoms with Crippen molar-refractivity contribution in [2.24, 2.45) is 5.16 Å². The fourth-order valence-electron chi connectivity index (χ4n) is 3.00. The van der Waals surface area contributed by atoms with Crippen molar-refractivity contribution in [3.05, 3.63) is 22.3 Å². The van der Waals surface area contributed by atoms with Gasteiger partial charge in [0.1, 0.15) is 24.2 Å². The Morgan fingerprint density at radius 1 is 1.57 bits per heavy atom. The first-order valence-electron chi connectivity index (χ1n) is 8.27. The molecular weight excluding hydrogens is 404 g/mol. The van der Waals surface area contributed by atoms with E-state index in [0.29, 0.717) is 24.3 Å². The Morgan fingerprint density at radius 3 is 2.89 bits per heavy atom. The number of amides is 2. The summed E-state index contributed by atoms with van der Waals surface area (Å²) >= 11 is 2.67. The van der Waals surface area contributed by atoms with E-state index in [-0.39, 0.29) is 27.8 Å². The number of likely N-dealkylation sites (N-methyl/N-ethyl adjacent to an activating group) is 1. The van der Waals surface area contributed by atoms with E-state index in [9.17, 15) is 14.4 Å². The molecule has 1 saturated heterocycles. The maximum Gasteiger partial charge on any atom is 0.276 e. The van der Waals surface area contributed by atoms with Crippen LogP contribution in [-0.4, -0.2) is 83.5 Å². The molecule has 3 N–H and O–H groups in total.